The van der Waals surface area contributed by atoms with Crippen molar-refractivity contribution in [3.05, 3.63) is 0 Å². The molecule has 212 valence electrons. The number of ether oxygens (including phenoxy) is 1. The first-order chi connectivity index (χ1) is 11.3. The fourth-order valence-corrected chi connectivity index (χ4v) is 0.161. The summed E-state index contributed by atoms with van der Waals surface area (Å²) in [4.78, 5) is 0. The lowest BCUT2D eigenvalue weighted by Crippen LogP contribution is -2.44. The number of alkyl halides is 6. The van der Waals surface area contributed by atoms with Crippen molar-refractivity contribution >= 4 is 9.84 Å². The molecule has 0 spiro atoms. The average Bonchev–Trinajstić information content (AvgIpc) is 2.22. The van der Waals surface area contributed by atoms with E-state index in [1.165, 1.54) is 6.42 Å². The van der Waals surface area contributed by atoms with E-state index in [0.29, 0.717) is 5.41 Å². The fraction of sp³-hybridized carbons (Fsp3) is 1.00. The molecule has 0 saturated carbocycles. The first kappa shape index (κ1) is 63.4. The summed E-state index contributed by atoms with van der Waals surface area (Å²) in [7, 11) is 0.583. The molecule has 0 aromatic heterocycles. The first-order valence-corrected chi connectivity index (χ1v) is 10.3. The monoisotopic (exact) mass is 516 g/mol. The largest absolute Gasteiger partial charge is 0.402 e. The van der Waals surface area contributed by atoms with Crippen LogP contribution in [0.5, 0.6) is 0 Å². The van der Waals surface area contributed by atoms with Crippen molar-refractivity contribution in [1.29, 1.82) is 0 Å². The lowest BCUT2D eigenvalue weighted by molar-refractivity contribution is -0.327. The third-order valence-corrected chi connectivity index (χ3v) is 1.42. The van der Waals surface area contributed by atoms with E-state index in [9.17, 15) is 34.8 Å². The van der Waals surface area contributed by atoms with Crippen molar-refractivity contribution in [2.45, 2.75) is 111 Å². The van der Waals surface area contributed by atoms with Gasteiger partial charge in [-0.2, -0.15) is 26.3 Å². The van der Waals surface area contributed by atoms with E-state index in [1.807, 2.05) is 0 Å². The Bertz CT molecular complexity index is 390. The predicted octanol–water partition coefficient (Wildman–Crippen LogP) is 9.71. The van der Waals surface area contributed by atoms with E-state index in [0.717, 1.165) is 12.5 Å². The van der Waals surface area contributed by atoms with Crippen molar-refractivity contribution in [2.75, 3.05) is 26.7 Å². The Balaban J connectivity index is -0.0000000250. The van der Waals surface area contributed by atoms with Crippen molar-refractivity contribution in [2.24, 2.45) is 10.8 Å². The minimum absolute atomic E-state index is 0. The summed E-state index contributed by atoms with van der Waals surface area (Å²) in [6, 6.07) is 0. The lowest BCUT2D eigenvalue weighted by Gasteiger charge is -2.29. The number of halogens is 6. The van der Waals surface area contributed by atoms with Crippen LogP contribution in [0, 0.1) is 10.8 Å². The number of hydrogen-bond acceptors (Lipinski definition) is 3. The molecule has 0 fully saturated rings. The van der Waals surface area contributed by atoms with Crippen LogP contribution in [0.2, 0.25) is 0 Å². The summed E-state index contributed by atoms with van der Waals surface area (Å²) < 4.78 is 93.2. The molecule has 0 N–H and O–H groups in total. The van der Waals surface area contributed by atoms with Gasteiger partial charge in [-0.1, -0.05) is 85.1 Å². The Kier molecular flexibility index (Phi) is 53.0. The zero-order valence-electron chi connectivity index (χ0n) is 18.6. The minimum Gasteiger partial charge on any atom is -0.388 e. The maximum atomic E-state index is 11.6. The van der Waals surface area contributed by atoms with Crippen LogP contribution in [0.25, 0.3) is 0 Å². The second-order valence-electron chi connectivity index (χ2n) is 7.88. The molecule has 0 aliphatic carbocycles. The second-order valence-corrected chi connectivity index (χ2v) is 10.2. The van der Waals surface area contributed by atoms with Crippen LogP contribution in [0.3, 0.4) is 0 Å². The van der Waals surface area contributed by atoms with Crippen molar-refractivity contribution in [1.82, 2.24) is 0 Å². The minimum atomic E-state index is -5.24. The van der Waals surface area contributed by atoms with E-state index in [4.69, 9.17) is 0 Å². The van der Waals surface area contributed by atoms with Crippen LogP contribution in [0.4, 0.5) is 26.3 Å². The van der Waals surface area contributed by atoms with Crippen LogP contribution in [-0.4, -0.2) is 47.5 Å². The summed E-state index contributed by atoms with van der Waals surface area (Å²) >= 11 is 0. The Hall–Kier alpha value is -0.510. The molecule has 0 rings (SSSR count). The van der Waals surface area contributed by atoms with Crippen molar-refractivity contribution in [3.63, 3.8) is 0 Å². The summed E-state index contributed by atoms with van der Waals surface area (Å²) in [5, 5.41) is 0. The molecule has 3 nitrogen and oxygen atoms in total. The molecule has 0 heterocycles. The first-order valence-electron chi connectivity index (χ1n) is 8.01. The zero-order chi connectivity index (χ0) is 23.9. The molecule has 0 radical (unpaired) electrons. The molecule has 0 bridgehead atoms. The standard InChI is InChI=1S/C5H6F6.C5H12.C3H8.C2H6O2S.C2H6O.5CH4/c1-3(2,4(6,7)8)5(9,10)11;1-5(2,3)4;1-3-2;1-5(2,3)4;1-3-2;;;;;/h1-2H3;1-4H3;3H2,1-2H3;1-2H3;1-2H3;5*1H4. The number of rotatable bonds is 0. The highest BCUT2D eigenvalue weighted by molar-refractivity contribution is 7.89. The average molecular weight is 517 g/mol. The number of sulfone groups is 1. The van der Waals surface area contributed by atoms with Gasteiger partial charge in [0.15, 0.2) is 5.41 Å². The van der Waals surface area contributed by atoms with E-state index < -0.39 is 27.6 Å². The molecule has 32 heavy (non-hydrogen) atoms. The van der Waals surface area contributed by atoms with Gasteiger partial charge in [-0.15, -0.1) is 0 Å². The molecule has 0 saturated heterocycles. The van der Waals surface area contributed by atoms with E-state index in [1.54, 1.807) is 14.2 Å². The number of methoxy groups -OCH3 is 1. The lowest BCUT2D eigenvalue weighted by atomic mass is 9.92. The van der Waals surface area contributed by atoms with Gasteiger partial charge < -0.3 is 4.74 Å². The molecule has 0 atom stereocenters. The van der Waals surface area contributed by atoms with Gasteiger partial charge in [-0.25, -0.2) is 8.42 Å². The van der Waals surface area contributed by atoms with Crippen LogP contribution >= 0.6 is 0 Å². The quantitative estimate of drug-likeness (QED) is 0.301. The highest BCUT2D eigenvalue weighted by Gasteiger charge is 2.64. The van der Waals surface area contributed by atoms with Gasteiger partial charge in [-0.3, -0.25) is 0 Å². The zero-order valence-corrected chi connectivity index (χ0v) is 19.4. The van der Waals surface area contributed by atoms with Crippen LogP contribution in [0.1, 0.15) is 98.9 Å². The third kappa shape index (κ3) is 78.2. The Labute approximate surface area is 198 Å². The van der Waals surface area contributed by atoms with E-state index in [2.05, 4.69) is 46.3 Å². The maximum Gasteiger partial charge on any atom is 0.402 e. The highest BCUT2D eigenvalue weighted by Crippen LogP contribution is 2.49. The van der Waals surface area contributed by atoms with Gasteiger partial charge in [0, 0.05) is 26.7 Å². The smallest absolute Gasteiger partial charge is 0.388 e. The highest BCUT2D eigenvalue weighted by atomic mass is 32.2. The molecule has 0 unspecified atom stereocenters. The van der Waals surface area contributed by atoms with Gasteiger partial charge in [0.05, 0.1) is 0 Å². The molecule has 0 aromatic rings. The molecule has 0 aliphatic rings. The Morgan fingerprint density at radius 1 is 0.625 bits per heavy atom. The van der Waals surface area contributed by atoms with Crippen molar-refractivity contribution in [3.8, 4) is 0 Å². The van der Waals surface area contributed by atoms with Crippen LogP contribution < -0.4 is 0 Å². The van der Waals surface area contributed by atoms with Gasteiger partial charge >= 0.3 is 12.4 Å². The molecule has 10 heteroatoms. The summed E-state index contributed by atoms with van der Waals surface area (Å²) in [6.45, 7) is 13.2. The second kappa shape index (κ2) is 26.7. The molecule has 0 aliphatic heterocycles. The van der Waals surface area contributed by atoms with Gasteiger partial charge in [0.2, 0.25) is 0 Å². The van der Waals surface area contributed by atoms with E-state index >= 15 is 0 Å². The Morgan fingerprint density at radius 3 is 0.688 bits per heavy atom. The topological polar surface area (TPSA) is 43.4 Å². The SMILES string of the molecule is C.C.C.C.C.CC(C)(C(F)(F)F)C(F)(F)F.CC(C)(C)C.CCC.COC.CS(C)(=O)=O. The summed E-state index contributed by atoms with van der Waals surface area (Å²) in [6.07, 6.45) is -6.92. The van der Waals surface area contributed by atoms with Gasteiger partial charge in [-0.05, 0) is 19.3 Å². The van der Waals surface area contributed by atoms with Gasteiger partial charge in [0.1, 0.15) is 9.84 Å². The summed E-state index contributed by atoms with van der Waals surface area (Å²) in [5.74, 6) is 0. The van der Waals surface area contributed by atoms with Crippen LogP contribution in [-0.2, 0) is 14.6 Å². The summed E-state index contributed by atoms with van der Waals surface area (Å²) in [5.41, 5.74) is -3.12. The molecular formula is C22H58F6O3S. The number of hydrogen-bond donors (Lipinski definition) is 0. The predicted molar refractivity (Wildman–Crippen MR) is 134 cm³/mol. The van der Waals surface area contributed by atoms with Gasteiger partial charge in [0.25, 0.3) is 0 Å². The molecular weight excluding hydrogens is 458 g/mol. The van der Waals surface area contributed by atoms with E-state index in [-0.39, 0.29) is 51.0 Å². The third-order valence-electron chi connectivity index (χ3n) is 1.42. The van der Waals surface area contributed by atoms with Crippen LogP contribution in [0.15, 0.2) is 0 Å². The fourth-order valence-electron chi connectivity index (χ4n) is 0.161. The maximum absolute atomic E-state index is 11.6. The molecule has 0 amide bonds. The molecule has 0 aromatic carbocycles. The van der Waals surface area contributed by atoms with Crippen molar-refractivity contribution < 1.29 is 39.5 Å². The normalized spacial score (nSPS) is 10.1. The Morgan fingerprint density at radius 2 is 0.688 bits per heavy atom.